The van der Waals surface area contributed by atoms with Gasteiger partial charge < -0.3 is 15.0 Å². The van der Waals surface area contributed by atoms with Crippen molar-refractivity contribution >= 4 is 22.5 Å². The van der Waals surface area contributed by atoms with Crippen LogP contribution in [-0.4, -0.2) is 18.2 Å². The van der Waals surface area contributed by atoms with E-state index in [1.165, 1.54) is 5.56 Å². The van der Waals surface area contributed by atoms with Gasteiger partial charge in [-0.05, 0) is 24.6 Å². The summed E-state index contributed by atoms with van der Waals surface area (Å²) in [6, 6.07) is 3.79. The van der Waals surface area contributed by atoms with Crippen molar-refractivity contribution in [2.24, 2.45) is 12.8 Å². The Bertz CT molecular complexity index is 519. The number of halogens is 1. The topological polar surface area (TPSA) is 40.2 Å². The van der Waals surface area contributed by atoms with Crippen LogP contribution in [0.2, 0.25) is 5.02 Å². The first kappa shape index (κ1) is 11.3. The molecule has 3 nitrogen and oxygen atoms in total. The van der Waals surface area contributed by atoms with Crippen LogP contribution in [0.3, 0.4) is 0 Å². The van der Waals surface area contributed by atoms with E-state index < -0.39 is 0 Å². The van der Waals surface area contributed by atoms with Gasteiger partial charge in [-0.1, -0.05) is 11.6 Å². The summed E-state index contributed by atoms with van der Waals surface area (Å²) in [4.78, 5) is 0. The molecule has 1 aromatic carbocycles. The summed E-state index contributed by atoms with van der Waals surface area (Å²) in [6.45, 7) is 0.633. The van der Waals surface area contributed by atoms with Crippen molar-refractivity contribution in [3.05, 3.63) is 28.9 Å². The molecule has 0 amide bonds. The highest BCUT2D eigenvalue weighted by atomic mass is 35.5. The van der Waals surface area contributed by atoms with Crippen LogP contribution in [0, 0.1) is 0 Å². The molecule has 86 valence electrons. The lowest BCUT2D eigenvalue weighted by atomic mass is 10.1. The third-order valence-electron chi connectivity index (χ3n) is 2.72. The molecule has 0 spiro atoms. The van der Waals surface area contributed by atoms with Crippen LogP contribution in [0.15, 0.2) is 18.3 Å². The Morgan fingerprint density at radius 3 is 2.81 bits per heavy atom. The van der Waals surface area contributed by atoms with Crippen molar-refractivity contribution in [1.82, 2.24) is 4.57 Å². The maximum Gasteiger partial charge on any atom is 0.144 e. The first-order valence-corrected chi connectivity index (χ1v) is 5.56. The van der Waals surface area contributed by atoms with Gasteiger partial charge in [0, 0.05) is 29.7 Å². The van der Waals surface area contributed by atoms with Gasteiger partial charge in [0.1, 0.15) is 5.75 Å². The SMILES string of the molecule is COc1cc(Cl)cc2c(CCN)cn(C)c12. The van der Waals surface area contributed by atoms with E-state index in [-0.39, 0.29) is 0 Å². The fourth-order valence-corrected chi connectivity index (χ4v) is 2.27. The van der Waals surface area contributed by atoms with Gasteiger partial charge >= 0.3 is 0 Å². The Labute approximate surface area is 99.7 Å². The van der Waals surface area contributed by atoms with Gasteiger partial charge in [-0.15, -0.1) is 0 Å². The number of methoxy groups -OCH3 is 1. The number of benzene rings is 1. The van der Waals surface area contributed by atoms with Crippen LogP contribution in [0.1, 0.15) is 5.56 Å². The second-order valence-electron chi connectivity index (χ2n) is 3.81. The van der Waals surface area contributed by atoms with Gasteiger partial charge in [0.15, 0.2) is 0 Å². The molecule has 0 aliphatic rings. The fraction of sp³-hybridized carbons (Fsp3) is 0.333. The van der Waals surface area contributed by atoms with Gasteiger partial charge in [0.25, 0.3) is 0 Å². The van der Waals surface area contributed by atoms with Gasteiger partial charge in [0.2, 0.25) is 0 Å². The van der Waals surface area contributed by atoms with Gasteiger partial charge in [-0.25, -0.2) is 0 Å². The molecule has 0 radical (unpaired) electrons. The van der Waals surface area contributed by atoms with Crippen LogP contribution in [0.5, 0.6) is 5.75 Å². The van der Waals surface area contributed by atoms with Gasteiger partial charge in [-0.3, -0.25) is 0 Å². The third-order valence-corrected chi connectivity index (χ3v) is 2.94. The molecule has 0 saturated carbocycles. The predicted molar refractivity (Wildman–Crippen MR) is 67.2 cm³/mol. The third kappa shape index (κ3) is 1.77. The van der Waals surface area contributed by atoms with E-state index in [9.17, 15) is 0 Å². The highest BCUT2D eigenvalue weighted by Crippen LogP contribution is 2.32. The Kier molecular flexibility index (Phi) is 3.08. The zero-order valence-electron chi connectivity index (χ0n) is 9.46. The number of nitrogens with zero attached hydrogens (tertiary/aromatic N) is 1. The molecular formula is C12H15ClN2O. The molecule has 1 aromatic heterocycles. The number of hydrogen-bond acceptors (Lipinski definition) is 2. The largest absolute Gasteiger partial charge is 0.494 e. The summed E-state index contributed by atoms with van der Waals surface area (Å²) >= 11 is 6.06. The van der Waals surface area contributed by atoms with E-state index in [0.29, 0.717) is 11.6 Å². The molecule has 0 aliphatic carbocycles. The molecule has 0 fully saturated rings. The molecule has 0 aliphatic heterocycles. The predicted octanol–water partition coefficient (Wildman–Crippen LogP) is 2.34. The maximum absolute atomic E-state index is 6.06. The summed E-state index contributed by atoms with van der Waals surface area (Å²) in [5, 5.41) is 1.81. The lowest BCUT2D eigenvalue weighted by Crippen LogP contribution is -2.01. The Balaban J connectivity index is 2.74. The lowest BCUT2D eigenvalue weighted by Gasteiger charge is -2.05. The number of rotatable bonds is 3. The highest BCUT2D eigenvalue weighted by Gasteiger charge is 2.11. The summed E-state index contributed by atoms with van der Waals surface area (Å²) in [5.74, 6) is 0.799. The van der Waals surface area contributed by atoms with Gasteiger partial charge in [-0.2, -0.15) is 0 Å². The summed E-state index contributed by atoms with van der Waals surface area (Å²) in [5.41, 5.74) is 7.87. The molecule has 0 unspecified atom stereocenters. The van der Waals surface area contributed by atoms with E-state index in [1.807, 2.05) is 19.2 Å². The van der Waals surface area contributed by atoms with Crippen LogP contribution in [-0.2, 0) is 13.5 Å². The highest BCUT2D eigenvalue weighted by molar-refractivity contribution is 6.31. The fourth-order valence-electron chi connectivity index (χ4n) is 2.06. The van der Waals surface area contributed by atoms with Crippen LogP contribution >= 0.6 is 11.6 Å². The monoisotopic (exact) mass is 238 g/mol. The molecule has 0 saturated heterocycles. The van der Waals surface area contributed by atoms with Gasteiger partial charge in [0.05, 0.1) is 12.6 Å². The number of nitrogens with two attached hydrogens (primary N) is 1. The van der Waals surface area contributed by atoms with Crippen LogP contribution < -0.4 is 10.5 Å². The second kappa shape index (κ2) is 4.36. The van der Waals surface area contributed by atoms with Crippen molar-refractivity contribution in [1.29, 1.82) is 0 Å². The molecule has 2 aromatic rings. The molecule has 4 heteroatoms. The number of aryl methyl sites for hydroxylation is 1. The lowest BCUT2D eigenvalue weighted by molar-refractivity contribution is 0.418. The van der Waals surface area contributed by atoms with E-state index in [4.69, 9.17) is 22.1 Å². The van der Waals surface area contributed by atoms with Crippen LogP contribution in [0.4, 0.5) is 0 Å². The number of ether oxygens (including phenoxy) is 1. The average Bonchev–Trinajstić information content (AvgIpc) is 2.55. The average molecular weight is 239 g/mol. The number of fused-ring (bicyclic) bond motifs is 1. The Morgan fingerprint density at radius 1 is 1.44 bits per heavy atom. The quantitative estimate of drug-likeness (QED) is 0.892. The van der Waals surface area contributed by atoms with Crippen molar-refractivity contribution in [3.8, 4) is 5.75 Å². The molecule has 2 rings (SSSR count). The zero-order chi connectivity index (χ0) is 11.7. The summed E-state index contributed by atoms with van der Waals surface area (Å²) < 4.78 is 7.40. The number of aromatic nitrogens is 1. The Hall–Kier alpha value is -1.19. The van der Waals surface area contributed by atoms with Crippen molar-refractivity contribution in [2.45, 2.75) is 6.42 Å². The van der Waals surface area contributed by atoms with Crippen molar-refractivity contribution in [2.75, 3.05) is 13.7 Å². The molecule has 16 heavy (non-hydrogen) atoms. The standard InChI is InChI=1S/C12H15ClN2O/c1-15-7-8(3-4-14)10-5-9(13)6-11(16-2)12(10)15/h5-7H,3-4,14H2,1-2H3. The van der Waals surface area contributed by atoms with Crippen molar-refractivity contribution < 1.29 is 4.74 Å². The molecule has 2 N–H and O–H groups in total. The summed E-state index contributed by atoms with van der Waals surface area (Å²) in [7, 11) is 3.65. The zero-order valence-corrected chi connectivity index (χ0v) is 10.2. The normalized spacial score (nSPS) is 11.0. The molecule has 0 bridgehead atoms. The number of hydrogen-bond donors (Lipinski definition) is 1. The van der Waals surface area contributed by atoms with E-state index in [2.05, 4.69) is 10.8 Å². The van der Waals surface area contributed by atoms with E-state index >= 15 is 0 Å². The summed E-state index contributed by atoms with van der Waals surface area (Å²) in [6.07, 6.45) is 2.93. The molecule has 1 heterocycles. The maximum atomic E-state index is 6.06. The Morgan fingerprint density at radius 2 is 2.19 bits per heavy atom. The molecule has 0 atom stereocenters. The van der Waals surface area contributed by atoms with E-state index in [0.717, 1.165) is 23.1 Å². The minimum Gasteiger partial charge on any atom is -0.494 e. The smallest absolute Gasteiger partial charge is 0.144 e. The first-order chi connectivity index (χ1) is 7.67. The second-order valence-corrected chi connectivity index (χ2v) is 4.24. The van der Waals surface area contributed by atoms with E-state index in [1.54, 1.807) is 7.11 Å². The first-order valence-electron chi connectivity index (χ1n) is 5.19. The van der Waals surface area contributed by atoms with Crippen LogP contribution in [0.25, 0.3) is 10.9 Å². The minimum atomic E-state index is 0.633. The van der Waals surface area contributed by atoms with Crippen molar-refractivity contribution in [3.63, 3.8) is 0 Å². The minimum absolute atomic E-state index is 0.633. The molecular weight excluding hydrogens is 224 g/mol.